The van der Waals surface area contributed by atoms with Gasteiger partial charge in [-0.3, -0.25) is 10.1 Å². The van der Waals surface area contributed by atoms with Gasteiger partial charge >= 0.3 is 5.97 Å². The van der Waals surface area contributed by atoms with Gasteiger partial charge in [0.25, 0.3) is 0 Å². The van der Waals surface area contributed by atoms with Crippen LogP contribution in [0, 0.1) is 0 Å². The minimum absolute atomic E-state index is 0.0620. The summed E-state index contributed by atoms with van der Waals surface area (Å²) in [5, 5.41) is 15.7. The number of H-pyrrole nitrogens is 1. The number of carboxylic acids is 1. The van der Waals surface area contributed by atoms with E-state index >= 15 is 0 Å². The van der Waals surface area contributed by atoms with Crippen molar-refractivity contribution in [2.45, 2.75) is 12.8 Å². The van der Waals surface area contributed by atoms with Crippen molar-refractivity contribution >= 4 is 5.97 Å². The zero-order valence-corrected chi connectivity index (χ0v) is 12.8. The Labute approximate surface area is 138 Å². The molecule has 0 fully saturated rings. The van der Waals surface area contributed by atoms with Crippen molar-refractivity contribution in [1.82, 2.24) is 20.2 Å². The van der Waals surface area contributed by atoms with Crippen molar-refractivity contribution < 1.29 is 14.6 Å². The monoisotopic (exact) mass is 324 g/mol. The number of pyridine rings is 2. The molecule has 3 rings (SSSR count). The number of hydrogen-bond acceptors (Lipinski definition) is 5. The van der Waals surface area contributed by atoms with E-state index < -0.39 is 5.97 Å². The van der Waals surface area contributed by atoms with Crippen LogP contribution in [-0.4, -0.2) is 37.8 Å². The number of nitrogens with one attached hydrogen (secondary N) is 1. The van der Waals surface area contributed by atoms with Gasteiger partial charge in [0.05, 0.1) is 24.2 Å². The summed E-state index contributed by atoms with van der Waals surface area (Å²) in [5.74, 6) is -0.331. The molecule has 0 unspecified atom stereocenters. The highest BCUT2D eigenvalue weighted by atomic mass is 16.5. The van der Waals surface area contributed by atoms with Crippen LogP contribution in [0.1, 0.15) is 22.6 Å². The standard InChI is InChI=1S/C17H16N4O3/c22-17(23)16-5-1-3-12(20-16)4-2-10-24-13-6-7-14(18-11-13)15-8-9-19-21-15/h1,3,5-9,11H,2,4,10H2,(H,19,21)(H,22,23). The minimum atomic E-state index is -1.02. The second-order valence-electron chi connectivity index (χ2n) is 5.12. The molecule has 7 nitrogen and oxygen atoms in total. The molecule has 0 saturated heterocycles. The molecule has 3 heterocycles. The van der Waals surface area contributed by atoms with Gasteiger partial charge in [0.1, 0.15) is 11.4 Å². The highest BCUT2D eigenvalue weighted by molar-refractivity contribution is 5.85. The minimum Gasteiger partial charge on any atom is -0.492 e. The molecular weight excluding hydrogens is 308 g/mol. The summed E-state index contributed by atoms with van der Waals surface area (Å²) < 4.78 is 5.65. The summed E-state index contributed by atoms with van der Waals surface area (Å²) in [6.07, 6.45) is 4.73. The van der Waals surface area contributed by atoms with Crippen molar-refractivity contribution in [2.24, 2.45) is 0 Å². The highest BCUT2D eigenvalue weighted by Gasteiger charge is 2.05. The van der Waals surface area contributed by atoms with E-state index in [1.165, 1.54) is 6.07 Å². The molecule has 0 saturated carbocycles. The number of hydrogen-bond donors (Lipinski definition) is 2. The van der Waals surface area contributed by atoms with E-state index in [4.69, 9.17) is 9.84 Å². The Balaban J connectivity index is 1.48. The Bertz CT molecular complexity index is 801. The van der Waals surface area contributed by atoms with Crippen LogP contribution in [0.25, 0.3) is 11.4 Å². The number of ether oxygens (including phenoxy) is 1. The van der Waals surface area contributed by atoms with Gasteiger partial charge in [0.2, 0.25) is 0 Å². The first-order valence-electron chi connectivity index (χ1n) is 7.50. The number of nitrogens with zero attached hydrogens (tertiary/aromatic N) is 3. The van der Waals surface area contributed by atoms with Crippen LogP contribution in [0.3, 0.4) is 0 Å². The summed E-state index contributed by atoms with van der Waals surface area (Å²) >= 11 is 0. The van der Waals surface area contributed by atoms with Crippen LogP contribution in [0.5, 0.6) is 5.75 Å². The molecule has 3 aromatic heterocycles. The fraction of sp³-hybridized carbons (Fsp3) is 0.176. The molecule has 0 aromatic carbocycles. The number of aromatic carboxylic acids is 1. The summed E-state index contributed by atoms with van der Waals surface area (Å²) in [5.41, 5.74) is 2.46. The molecule has 122 valence electrons. The van der Waals surface area contributed by atoms with E-state index in [1.54, 1.807) is 18.5 Å². The van der Waals surface area contributed by atoms with Crippen LogP contribution in [0.15, 0.2) is 48.8 Å². The van der Waals surface area contributed by atoms with Crippen molar-refractivity contribution in [3.63, 3.8) is 0 Å². The van der Waals surface area contributed by atoms with Gasteiger partial charge in [-0.15, -0.1) is 0 Å². The topological polar surface area (TPSA) is 101 Å². The quantitative estimate of drug-likeness (QED) is 0.648. The van der Waals surface area contributed by atoms with Crippen molar-refractivity contribution in [2.75, 3.05) is 6.61 Å². The highest BCUT2D eigenvalue weighted by Crippen LogP contribution is 2.17. The third kappa shape index (κ3) is 3.95. The molecule has 0 aliphatic heterocycles. The summed E-state index contributed by atoms with van der Waals surface area (Å²) in [6.45, 7) is 0.504. The van der Waals surface area contributed by atoms with Crippen LogP contribution in [0.2, 0.25) is 0 Å². The van der Waals surface area contributed by atoms with E-state index in [-0.39, 0.29) is 5.69 Å². The summed E-state index contributed by atoms with van der Waals surface area (Å²) in [6, 6.07) is 10.6. The van der Waals surface area contributed by atoms with Crippen molar-refractivity contribution in [1.29, 1.82) is 0 Å². The van der Waals surface area contributed by atoms with E-state index in [0.29, 0.717) is 18.8 Å². The molecule has 0 atom stereocenters. The number of aromatic nitrogens is 4. The lowest BCUT2D eigenvalue weighted by atomic mass is 10.2. The van der Waals surface area contributed by atoms with Gasteiger partial charge < -0.3 is 9.84 Å². The first-order chi connectivity index (χ1) is 11.7. The van der Waals surface area contributed by atoms with E-state index in [0.717, 1.165) is 23.5 Å². The maximum absolute atomic E-state index is 10.9. The molecule has 0 amide bonds. The maximum Gasteiger partial charge on any atom is 0.354 e. The van der Waals surface area contributed by atoms with Crippen molar-refractivity contribution in [3.05, 3.63) is 60.2 Å². The number of rotatable bonds is 7. The molecule has 0 radical (unpaired) electrons. The molecule has 0 aliphatic rings. The van der Waals surface area contributed by atoms with Gasteiger partial charge in [-0.1, -0.05) is 6.07 Å². The number of carboxylic acid groups (broad SMARTS) is 1. The first-order valence-corrected chi connectivity index (χ1v) is 7.50. The lowest BCUT2D eigenvalue weighted by molar-refractivity contribution is 0.0690. The predicted molar refractivity (Wildman–Crippen MR) is 86.8 cm³/mol. The Morgan fingerprint density at radius 2 is 2.12 bits per heavy atom. The zero-order valence-electron chi connectivity index (χ0n) is 12.8. The average molecular weight is 324 g/mol. The Kier molecular flexibility index (Phi) is 4.81. The SMILES string of the molecule is O=C(O)c1cccc(CCCOc2ccc(-c3ccn[nH]3)nc2)n1. The molecular formula is C17H16N4O3. The third-order valence-corrected chi connectivity index (χ3v) is 3.38. The van der Waals surface area contributed by atoms with Gasteiger partial charge in [0, 0.05) is 11.9 Å². The lowest BCUT2D eigenvalue weighted by Crippen LogP contribution is -2.04. The van der Waals surface area contributed by atoms with E-state index in [9.17, 15) is 4.79 Å². The molecule has 24 heavy (non-hydrogen) atoms. The maximum atomic E-state index is 10.9. The first kappa shape index (κ1) is 15.7. The Hall–Kier alpha value is -3.22. The summed E-state index contributed by atoms with van der Waals surface area (Å²) in [4.78, 5) is 19.3. The van der Waals surface area contributed by atoms with Crippen molar-refractivity contribution in [3.8, 4) is 17.1 Å². The predicted octanol–water partition coefficient (Wildman–Crippen LogP) is 2.58. The number of aryl methyl sites for hydroxylation is 1. The molecule has 3 aromatic rings. The van der Waals surface area contributed by atoms with Crippen LogP contribution < -0.4 is 4.74 Å². The third-order valence-electron chi connectivity index (χ3n) is 3.38. The van der Waals surface area contributed by atoms with Crippen LogP contribution in [0.4, 0.5) is 0 Å². The molecule has 0 bridgehead atoms. The average Bonchev–Trinajstić information content (AvgIpc) is 3.14. The molecule has 2 N–H and O–H groups in total. The van der Waals surface area contributed by atoms with E-state index in [1.807, 2.05) is 24.3 Å². The zero-order chi connectivity index (χ0) is 16.8. The number of carbonyl (C=O) groups is 1. The van der Waals surface area contributed by atoms with E-state index in [2.05, 4.69) is 20.2 Å². The van der Waals surface area contributed by atoms with Gasteiger partial charge in [-0.2, -0.15) is 5.10 Å². The van der Waals surface area contributed by atoms with Gasteiger partial charge in [-0.05, 0) is 43.2 Å². The van der Waals surface area contributed by atoms with Crippen LogP contribution >= 0.6 is 0 Å². The molecule has 0 aliphatic carbocycles. The normalized spacial score (nSPS) is 10.5. The smallest absolute Gasteiger partial charge is 0.354 e. The van der Waals surface area contributed by atoms with Crippen LogP contribution in [-0.2, 0) is 6.42 Å². The number of aromatic amines is 1. The fourth-order valence-electron chi connectivity index (χ4n) is 2.20. The Morgan fingerprint density at radius 3 is 2.83 bits per heavy atom. The second kappa shape index (κ2) is 7.36. The lowest BCUT2D eigenvalue weighted by Gasteiger charge is -2.06. The molecule has 0 spiro atoms. The Morgan fingerprint density at radius 1 is 1.21 bits per heavy atom. The fourth-order valence-corrected chi connectivity index (χ4v) is 2.20. The second-order valence-corrected chi connectivity index (χ2v) is 5.12. The van der Waals surface area contributed by atoms with Gasteiger partial charge in [-0.25, -0.2) is 9.78 Å². The largest absolute Gasteiger partial charge is 0.492 e. The molecule has 7 heteroatoms. The summed E-state index contributed by atoms with van der Waals surface area (Å²) in [7, 11) is 0. The van der Waals surface area contributed by atoms with Gasteiger partial charge in [0.15, 0.2) is 0 Å².